The lowest BCUT2D eigenvalue weighted by Gasteiger charge is -2.07. The maximum absolute atomic E-state index is 8.95. The van der Waals surface area contributed by atoms with Gasteiger partial charge < -0.3 is 9.26 Å². The highest BCUT2D eigenvalue weighted by Crippen LogP contribution is 2.37. The van der Waals surface area contributed by atoms with Crippen LogP contribution in [0.1, 0.15) is 23.4 Å². The minimum Gasteiger partial charge on any atom is -0.493 e. The standard InChI is InChI=1S/C20H18N4O3/c1-13-5-4-6-14(11-13)19-23-20(27-24-19)16-9-10-26-17-8-3-2-7-15(17)18(16)21-12-22-25/h2-8,11-12,25H,9-10H2,1H3,(H,21,22). The fourth-order valence-corrected chi connectivity index (χ4v) is 3.03. The molecule has 0 unspecified atom stereocenters. The molecule has 0 fully saturated rings. The molecule has 0 radical (unpaired) electrons. The fraction of sp³-hybridized carbons (Fsp3) is 0.150. The number of benzene rings is 2. The minimum absolute atomic E-state index is 0.386. The summed E-state index contributed by atoms with van der Waals surface area (Å²) in [5.41, 5.74) is 6.12. The smallest absolute Gasteiger partial charge is 0.256 e. The Labute approximate surface area is 156 Å². The molecule has 0 saturated carbocycles. The highest BCUT2D eigenvalue weighted by molar-refractivity contribution is 5.92. The minimum atomic E-state index is 0.386. The van der Waals surface area contributed by atoms with Crippen molar-refractivity contribution in [1.82, 2.24) is 15.6 Å². The van der Waals surface area contributed by atoms with E-state index in [0.29, 0.717) is 30.4 Å². The summed E-state index contributed by atoms with van der Waals surface area (Å²) in [6.45, 7) is 2.47. The average Bonchev–Trinajstić information content (AvgIpc) is 3.10. The van der Waals surface area contributed by atoms with Gasteiger partial charge in [0.1, 0.15) is 12.1 Å². The van der Waals surface area contributed by atoms with Crippen molar-refractivity contribution in [2.45, 2.75) is 13.3 Å². The summed E-state index contributed by atoms with van der Waals surface area (Å²) < 4.78 is 11.4. The lowest BCUT2D eigenvalue weighted by Crippen LogP contribution is -2.02. The largest absolute Gasteiger partial charge is 0.493 e. The molecule has 4 rings (SSSR count). The van der Waals surface area contributed by atoms with E-state index in [-0.39, 0.29) is 0 Å². The third-order valence-corrected chi connectivity index (χ3v) is 4.25. The van der Waals surface area contributed by atoms with Gasteiger partial charge in [0.15, 0.2) is 0 Å². The lowest BCUT2D eigenvalue weighted by atomic mass is 10.0. The van der Waals surface area contributed by atoms with E-state index in [1.165, 1.54) is 6.34 Å². The summed E-state index contributed by atoms with van der Waals surface area (Å²) in [4.78, 5) is 8.91. The number of ether oxygens (including phenoxy) is 1. The van der Waals surface area contributed by atoms with Crippen LogP contribution in [-0.2, 0) is 0 Å². The summed E-state index contributed by atoms with van der Waals surface area (Å²) in [5, 5.41) is 13.1. The van der Waals surface area contributed by atoms with Crippen molar-refractivity contribution < 1.29 is 14.5 Å². The van der Waals surface area contributed by atoms with Gasteiger partial charge in [0.05, 0.1) is 12.3 Å². The Balaban J connectivity index is 1.82. The molecule has 0 spiro atoms. The predicted octanol–water partition coefficient (Wildman–Crippen LogP) is 3.70. The Kier molecular flexibility index (Phi) is 4.67. The Hall–Kier alpha value is -3.45. The third kappa shape index (κ3) is 3.45. The topological polar surface area (TPSA) is 92.8 Å². The summed E-state index contributed by atoms with van der Waals surface area (Å²) in [6.07, 6.45) is 1.75. The molecule has 0 aliphatic carbocycles. The summed E-state index contributed by atoms with van der Waals surface area (Å²) >= 11 is 0. The van der Waals surface area contributed by atoms with Crippen LogP contribution in [0.5, 0.6) is 5.75 Å². The van der Waals surface area contributed by atoms with Gasteiger partial charge in [-0.1, -0.05) is 41.1 Å². The summed E-state index contributed by atoms with van der Waals surface area (Å²) in [5.74, 6) is 1.62. The van der Waals surface area contributed by atoms with Crippen molar-refractivity contribution >= 4 is 17.6 Å². The van der Waals surface area contributed by atoms with Crippen LogP contribution in [0.2, 0.25) is 0 Å². The number of aliphatic imine (C=N–C) groups is 1. The van der Waals surface area contributed by atoms with E-state index in [9.17, 15) is 0 Å². The normalized spacial score (nSPS) is 14.0. The number of fused-ring (bicyclic) bond motifs is 1. The maximum atomic E-state index is 8.95. The zero-order valence-corrected chi connectivity index (χ0v) is 14.7. The molecule has 7 nitrogen and oxygen atoms in total. The first-order valence-corrected chi connectivity index (χ1v) is 8.55. The van der Waals surface area contributed by atoms with Crippen LogP contribution in [0.3, 0.4) is 0 Å². The first kappa shape index (κ1) is 17.0. The Morgan fingerprint density at radius 2 is 2.07 bits per heavy atom. The van der Waals surface area contributed by atoms with Crippen molar-refractivity contribution in [3.8, 4) is 17.1 Å². The number of nitrogens with zero attached hydrogens (tertiary/aromatic N) is 3. The van der Waals surface area contributed by atoms with Crippen LogP contribution in [0.15, 0.2) is 58.0 Å². The lowest BCUT2D eigenvalue weighted by molar-refractivity contribution is 0.240. The van der Waals surface area contributed by atoms with Crippen LogP contribution in [0.4, 0.5) is 0 Å². The van der Waals surface area contributed by atoms with Gasteiger partial charge in [0.2, 0.25) is 5.82 Å². The number of hydrogen-bond donors (Lipinski definition) is 2. The second kappa shape index (κ2) is 7.43. The Morgan fingerprint density at radius 3 is 2.93 bits per heavy atom. The van der Waals surface area contributed by atoms with Gasteiger partial charge in [-0.15, -0.1) is 0 Å². The van der Waals surface area contributed by atoms with E-state index in [1.54, 1.807) is 0 Å². The van der Waals surface area contributed by atoms with Gasteiger partial charge in [0.25, 0.3) is 5.89 Å². The maximum Gasteiger partial charge on any atom is 0.256 e. The first-order chi connectivity index (χ1) is 13.3. The molecule has 0 atom stereocenters. The van der Waals surface area contributed by atoms with E-state index in [4.69, 9.17) is 14.5 Å². The molecule has 0 bridgehead atoms. The van der Waals surface area contributed by atoms with Gasteiger partial charge in [-0.3, -0.25) is 10.7 Å². The van der Waals surface area contributed by atoms with Crippen LogP contribution < -0.4 is 10.2 Å². The molecule has 136 valence electrons. The molecule has 7 heteroatoms. The Morgan fingerprint density at radius 1 is 1.19 bits per heavy atom. The van der Waals surface area contributed by atoms with Gasteiger partial charge in [-0.25, -0.2) is 4.99 Å². The van der Waals surface area contributed by atoms with Crippen LogP contribution >= 0.6 is 0 Å². The van der Waals surface area contributed by atoms with Gasteiger partial charge in [-0.05, 0) is 25.1 Å². The highest BCUT2D eigenvalue weighted by Gasteiger charge is 2.23. The van der Waals surface area contributed by atoms with Crippen molar-refractivity contribution in [2.24, 2.45) is 4.99 Å². The number of hydroxylamine groups is 1. The zero-order chi connectivity index (χ0) is 18.6. The molecule has 1 aliphatic rings. The van der Waals surface area contributed by atoms with E-state index in [2.05, 4.69) is 15.1 Å². The summed E-state index contributed by atoms with van der Waals surface area (Å²) in [6, 6.07) is 15.5. The third-order valence-electron chi connectivity index (χ3n) is 4.25. The molecule has 2 N–H and O–H groups in total. The second-order valence-electron chi connectivity index (χ2n) is 6.10. The fourth-order valence-electron chi connectivity index (χ4n) is 3.03. The molecule has 3 aromatic rings. The molecule has 27 heavy (non-hydrogen) atoms. The zero-order valence-electron chi connectivity index (χ0n) is 14.7. The van der Waals surface area contributed by atoms with Crippen molar-refractivity contribution in [3.63, 3.8) is 0 Å². The van der Waals surface area contributed by atoms with Crippen LogP contribution in [0, 0.1) is 6.92 Å². The molecule has 2 heterocycles. The van der Waals surface area contributed by atoms with Gasteiger partial charge >= 0.3 is 0 Å². The van der Waals surface area contributed by atoms with Crippen LogP contribution in [0.25, 0.3) is 22.7 Å². The van der Waals surface area contributed by atoms with Crippen LogP contribution in [-0.4, -0.2) is 28.3 Å². The number of rotatable bonds is 4. The van der Waals surface area contributed by atoms with E-state index >= 15 is 0 Å². The van der Waals surface area contributed by atoms with Crippen molar-refractivity contribution in [3.05, 3.63) is 65.5 Å². The van der Waals surface area contributed by atoms with Gasteiger partial charge in [0, 0.05) is 23.1 Å². The molecular formula is C20H18N4O3. The summed E-state index contributed by atoms with van der Waals surface area (Å²) in [7, 11) is 0. The van der Waals surface area contributed by atoms with E-state index < -0.39 is 0 Å². The number of aryl methyl sites for hydroxylation is 1. The number of aromatic nitrogens is 2. The SMILES string of the molecule is Cc1cccc(-c2noc(C3=C(N=CNO)c4ccccc4OCC3)n2)c1. The first-order valence-electron chi connectivity index (χ1n) is 8.55. The Bertz CT molecular complexity index is 1020. The van der Waals surface area contributed by atoms with E-state index in [1.807, 2.05) is 60.9 Å². The quantitative estimate of drug-likeness (QED) is 0.418. The molecule has 0 saturated heterocycles. The highest BCUT2D eigenvalue weighted by atomic mass is 16.5. The van der Waals surface area contributed by atoms with Crippen molar-refractivity contribution in [2.75, 3.05) is 6.61 Å². The molecular weight excluding hydrogens is 344 g/mol. The molecule has 2 aromatic carbocycles. The monoisotopic (exact) mass is 362 g/mol. The number of nitrogens with one attached hydrogen (secondary N) is 1. The van der Waals surface area contributed by atoms with Crippen molar-refractivity contribution in [1.29, 1.82) is 0 Å². The average molecular weight is 362 g/mol. The van der Waals surface area contributed by atoms with Gasteiger partial charge in [-0.2, -0.15) is 4.98 Å². The number of para-hydroxylation sites is 1. The molecule has 1 aliphatic heterocycles. The number of hydrogen-bond acceptors (Lipinski definition) is 6. The molecule has 0 amide bonds. The predicted molar refractivity (Wildman–Crippen MR) is 101 cm³/mol. The second-order valence-corrected chi connectivity index (χ2v) is 6.10. The van der Waals surface area contributed by atoms with E-state index in [0.717, 1.165) is 28.0 Å². The molecule has 1 aromatic heterocycles.